The van der Waals surface area contributed by atoms with Gasteiger partial charge < -0.3 is 14.7 Å². The van der Waals surface area contributed by atoms with Crippen molar-refractivity contribution in [2.24, 2.45) is 0 Å². The van der Waals surface area contributed by atoms with Crippen LogP contribution in [0.3, 0.4) is 0 Å². The summed E-state index contributed by atoms with van der Waals surface area (Å²) in [5.41, 5.74) is 0. The minimum Gasteiger partial charge on any atom is -0.347 e. The van der Waals surface area contributed by atoms with Gasteiger partial charge in [0, 0.05) is 32.2 Å². The highest BCUT2D eigenvalue weighted by Crippen LogP contribution is 2.27. The van der Waals surface area contributed by atoms with Crippen LogP contribution in [-0.4, -0.2) is 64.0 Å². The Hall–Kier alpha value is -1.70. The molecule has 0 radical (unpaired) electrons. The zero-order valence-electron chi connectivity index (χ0n) is 18.5. The number of amides is 2. The highest BCUT2D eigenvalue weighted by Gasteiger charge is 2.37. The maximum absolute atomic E-state index is 12.5. The lowest BCUT2D eigenvalue weighted by Crippen LogP contribution is -2.56. The lowest BCUT2D eigenvalue weighted by molar-refractivity contribution is -0.158. The summed E-state index contributed by atoms with van der Waals surface area (Å²) in [4.78, 5) is 30.6. The molecule has 3 heterocycles. The minimum atomic E-state index is -0.382. The Morgan fingerprint density at radius 2 is 1.48 bits per heavy atom. The number of carbonyl (C=O) groups excluding carboxylic acids is 2. The van der Waals surface area contributed by atoms with Crippen LogP contribution in [0.1, 0.15) is 77.6 Å². The molecule has 3 aliphatic rings. The molecule has 0 aromatic carbocycles. The molecule has 1 aromatic heterocycles. The van der Waals surface area contributed by atoms with Crippen LogP contribution in [0.25, 0.3) is 0 Å². The third kappa shape index (κ3) is 5.90. The van der Waals surface area contributed by atoms with Crippen LogP contribution < -0.4 is 4.90 Å². The third-order valence-corrected chi connectivity index (χ3v) is 6.48. The number of piperazine rings is 1. The van der Waals surface area contributed by atoms with Gasteiger partial charge in [-0.25, -0.2) is 0 Å². The summed E-state index contributed by atoms with van der Waals surface area (Å²) in [6.45, 7) is 11.7. The molecule has 0 N–H and O–H groups in total. The lowest BCUT2D eigenvalue weighted by Gasteiger charge is -2.36. The molecule has 2 aliphatic heterocycles. The van der Waals surface area contributed by atoms with E-state index in [4.69, 9.17) is 0 Å². The average Bonchev–Trinajstić information content (AvgIpc) is 3.48. The SMILES string of the molecule is CC.CC.O=C1C(=O)N(C2CCCC2)CCN1Cc1nnc(N2CCCCC2)s1. The molecule has 2 amide bonds. The van der Waals surface area contributed by atoms with Crippen molar-refractivity contribution in [1.82, 2.24) is 20.0 Å². The van der Waals surface area contributed by atoms with Crippen molar-refractivity contribution in [1.29, 1.82) is 0 Å². The van der Waals surface area contributed by atoms with E-state index in [-0.39, 0.29) is 17.9 Å². The van der Waals surface area contributed by atoms with Gasteiger partial charge in [-0.3, -0.25) is 9.59 Å². The molecule has 1 aromatic rings. The highest BCUT2D eigenvalue weighted by atomic mass is 32.1. The Morgan fingerprint density at radius 3 is 2.14 bits per heavy atom. The smallest absolute Gasteiger partial charge is 0.312 e. The van der Waals surface area contributed by atoms with Gasteiger partial charge in [-0.2, -0.15) is 0 Å². The Labute approximate surface area is 179 Å². The van der Waals surface area contributed by atoms with Gasteiger partial charge in [0.25, 0.3) is 0 Å². The van der Waals surface area contributed by atoms with Gasteiger partial charge in [0.2, 0.25) is 5.13 Å². The van der Waals surface area contributed by atoms with Crippen LogP contribution in [0.5, 0.6) is 0 Å². The molecule has 3 fully saturated rings. The fraction of sp³-hybridized carbons (Fsp3) is 0.810. The molecule has 164 valence electrons. The Balaban J connectivity index is 0.000000707. The molecule has 1 saturated carbocycles. The van der Waals surface area contributed by atoms with Crippen molar-refractivity contribution in [3.05, 3.63) is 5.01 Å². The van der Waals surface area contributed by atoms with E-state index in [9.17, 15) is 9.59 Å². The molecule has 8 heteroatoms. The predicted molar refractivity (Wildman–Crippen MR) is 118 cm³/mol. The van der Waals surface area contributed by atoms with E-state index in [2.05, 4.69) is 15.1 Å². The second-order valence-electron chi connectivity index (χ2n) is 7.19. The fourth-order valence-corrected chi connectivity index (χ4v) is 5.00. The van der Waals surface area contributed by atoms with E-state index in [0.717, 1.165) is 48.9 Å². The molecule has 0 unspecified atom stereocenters. The van der Waals surface area contributed by atoms with Crippen LogP contribution in [0.15, 0.2) is 0 Å². The molecular weight excluding hydrogens is 386 g/mol. The first kappa shape index (κ1) is 23.6. The van der Waals surface area contributed by atoms with Crippen LogP contribution >= 0.6 is 11.3 Å². The normalized spacial score (nSPS) is 20.2. The zero-order valence-corrected chi connectivity index (χ0v) is 19.3. The third-order valence-electron chi connectivity index (χ3n) is 5.52. The fourth-order valence-electron chi connectivity index (χ4n) is 4.09. The van der Waals surface area contributed by atoms with Gasteiger partial charge in [0.15, 0.2) is 0 Å². The standard InChI is InChI=1S/C17H25N5O2S.2C2H6/c23-15-16(24)22(13-6-2-3-7-13)11-10-21(15)12-14-18-19-17(25-14)20-8-4-1-5-9-20;2*1-2/h13H,1-12H2;2*1-2H3. The molecule has 4 rings (SSSR count). The number of anilines is 1. The quantitative estimate of drug-likeness (QED) is 0.691. The topological polar surface area (TPSA) is 69.6 Å². The highest BCUT2D eigenvalue weighted by molar-refractivity contribution is 7.15. The van der Waals surface area contributed by atoms with E-state index in [1.165, 1.54) is 19.3 Å². The first-order valence-corrected chi connectivity index (χ1v) is 12.2. The van der Waals surface area contributed by atoms with Crippen LogP contribution in [0, 0.1) is 0 Å². The Morgan fingerprint density at radius 1 is 0.828 bits per heavy atom. The summed E-state index contributed by atoms with van der Waals surface area (Å²) in [6, 6.07) is 0.269. The molecular formula is C21H37N5O2S. The van der Waals surface area contributed by atoms with Crippen LogP contribution in [-0.2, 0) is 16.1 Å². The number of piperidine rings is 1. The van der Waals surface area contributed by atoms with Crippen molar-refractivity contribution in [3.8, 4) is 0 Å². The second kappa shape index (κ2) is 12.1. The second-order valence-corrected chi connectivity index (χ2v) is 8.23. The van der Waals surface area contributed by atoms with Gasteiger partial charge in [0.1, 0.15) is 5.01 Å². The Bertz CT molecular complexity index is 639. The van der Waals surface area contributed by atoms with Crippen LogP contribution in [0.2, 0.25) is 0 Å². The average molecular weight is 424 g/mol. The van der Waals surface area contributed by atoms with Crippen molar-refractivity contribution in [3.63, 3.8) is 0 Å². The van der Waals surface area contributed by atoms with Gasteiger partial charge in [-0.15, -0.1) is 10.2 Å². The predicted octanol–water partition coefficient (Wildman–Crippen LogP) is 3.69. The number of carbonyl (C=O) groups is 2. The molecule has 2 saturated heterocycles. The molecule has 0 atom stereocenters. The number of nitrogens with zero attached hydrogens (tertiary/aromatic N) is 5. The first-order chi connectivity index (χ1) is 14.2. The molecule has 0 spiro atoms. The van der Waals surface area contributed by atoms with E-state index in [0.29, 0.717) is 19.6 Å². The van der Waals surface area contributed by atoms with Crippen molar-refractivity contribution >= 4 is 28.3 Å². The zero-order chi connectivity index (χ0) is 21.2. The first-order valence-electron chi connectivity index (χ1n) is 11.4. The summed E-state index contributed by atoms with van der Waals surface area (Å²) in [5, 5.41) is 10.3. The molecule has 0 bridgehead atoms. The molecule has 7 nitrogen and oxygen atoms in total. The summed E-state index contributed by atoms with van der Waals surface area (Å²) in [7, 11) is 0. The monoisotopic (exact) mass is 423 g/mol. The largest absolute Gasteiger partial charge is 0.347 e. The van der Waals surface area contributed by atoms with Crippen LogP contribution in [0.4, 0.5) is 5.13 Å². The minimum absolute atomic E-state index is 0.269. The number of aromatic nitrogens is 2. The van der Waals surface area contributed by atoms with Gasteiger partial charge in [-0.05, 0) is 32.1 Å². The summed E-state index contributed by atoms with van der Waals surface area (Å²) in [5.74, 6) is -0.716. The van der Waals surface area contributed by atoms with Crippen molar-refractivity contribution in [2.75, 3.05) is 31.1 Å². The van der Waals surface area contributed by atoms with Gasteiger partial charge >= 0.3 is 11.8 Å². The molecule has 29 heavy (non-hydrogen) atoms. The number of hydrogen-bond acceptors (Lipinski definition) is 6. The van der Waals surface area contributed by atoms with E-state index in [1.54, 1.807) is 21.1 Å². The van der Waals surface area contributed by atoms with Crippen molar-refractivity contribution in [2.45, 2.75) is 85.2 Å². The summed E-state index contributed by atoms with van der Waals surface area (Å²) < 4.78 is 0. The summed E-state index contributed by atoms with van der Waals surface area (Å²) >= 11 is 1.55. The van der Waals surface area contributed by atoms with E-state index >= 15 is 0 Å². The maximum Gasteiger partial charge on any atom is 0.312 e. The Kier molecular flexibility index (Phi) is 9.84. The van der Waals surface area contributed by atoms with Crippen molar-refractivity contribution < 1.29 is 9.59 Å². The number of rotatable bonds is 4. The maximum atomic E-state index is 12.5. The lowest BCUT2D eigenvalue weighted by atomic mass is 10.1. The molecule has 1 aliphatic carbocycles. The van der Waals surface area contributed by atoms with E-state index in [1.807, 2.05) is 27.7 Å². The van der Waals surface area contributed by atoms with Gasteiger partial charge in [0.05, 0.1) is 6.54 Å². The number of hydrogen-bond donors (Lipinski definition) is 0. The summed E-state index contributed by atoms with van der Waals surface area (Å²) in [6.07, 6.45) is 8.08. The van der Waals surface area contributed by atoms with Gasteiger partial charge in [-0.1, -0.05) is 51.9 Å². The van der Waals surface area contributed by atoms with E-state index < -0.39 is 0 Å².